The van der Waals surface area contributed by atoms with Crippen molar-refractivity contribution >= 4 is 12.3 Å². The molecule has 2 heteroatoms. The highest BCUT2D eigenvalue weighted by Crippen LogP contribution is 2.31. The predicted molar refractivity (Wildman–Crippen MR) is 99.5 cm³/mol. The summed E-state index contributed by atoms with van der Waals surface area (Å²) in [5.41, 5.74) is 3.87. The lowest BCUT2D eigenvalue weighted by molar-refractivity contribution is 0.974. The van der Waals surface area contributed by atoms with Gasteiger partial charge in [-0.25, -0.2) is 0 Å². The first-order valence-corrected chi connectivity index (χ1v) is 8.28. The molecule has 0 saturated carbocycles. The summed E-state index contributed by atoms with van der Waals surface area (Å²) in [4.78, 5) is 4.67. The van der Waals surface area contributed by atoms with Crippen molar-refractivity contribution in [1.29, 1.82) is 0 Å². The molecule has 1 heterocycles. The Bertz CT molecular complexity index is 671. The fourth-order valence-electron chi connectivity index (χ4n) is 3.40. The normalized spacial score (nSPS) is 11.0. The van der Waals surface area contributed by atoms with E-state index in [1.807, 2.05) is 12.3 Å². The van der Waals surface area contributed by atoms with E-state index in [-0.39, 0.29) is 0 Å². The van der Waals surface area contributed by atoms with Gasteiger partial charge in [-0.3, -0.25) is 4.98 Å². The number of hydrogen-bond acceptors (Lipinski definition) is 1. The van der Waals surface area contributed by atoms with Crippen molar-refractivity contribution in [2.75, 3.05) is 0 Å². The van der Waals surface area contributed by atoms with Crippen LogP contribution >= 0.6 is 0 Å². The zero-order valence-corrected chi connectivity index (χ0v) is 13.8. The third kappa shape index (κ3) is 3.53. The van der Waals surface area contributed by atoms with Gasteiger partial charge in [-0.1, -0.05) is 86.4 Å². The SMILES string of the molecule is CC(C)B(c1ccccn1)C(c1ccccc1)c1ccccc1. The van der Waals surface area contributed by atoms with Gasteiger partial charge >= 0.3 is 0 Å². The van der Waals surface area contributed by atoms with Gasteiger partial charge in [0.2, 0.25) is 6.71 Å². The quantitative estimate of drug-likeness (QED) is 0.629. The summed E-state index contributed by atoms with van der Waals surface area (Å²) in [5, 5.41) is 0. The fourth-order valence-corrected chi connectivity index (χ4v) is 3.40. The Kier molecular flexibility index (Phi) is 4.92. The van der Waals surface area contributed by atoms with Crippen LogP contribution in [0.5, 0.6) is 0 Å². The summed E-state index contributed by atoms with van der Waals surface area (Å²) in [6, 6.07) is 27.8. The van der Waals surface area contributed by atoms with Gasteiger partial charge in [-0.2, -0.15) is 0 Å². The lowest BCUT2D eigenvalue weighted by atomic mass is 9.30. The zero-order valence-electron chi connectivity index (χ0n) is 13.8. The maximum absolute atomic E-state index is 4.67. The Morgan fingerprint density at radius 2 is 1.22 bits per heavy atom. The minimum Gasteiger partial charge on any atom is -0.271 e. The second kappa shape index (κ2) is 7.28. The van der Waals surface area contributed by atoms with Crippen LogP contribution < -0.4 is 5.59 Å². The molecular formula is C21H22BN. The van der Waals surface area contributed by atoms with Crippen molar-refractivity contribution in [2.24, 2.45) is 0 Å². The lowest BCUT2D eigenvalue weighted by Crippen LogP contribution is -2.41. The van der Waals surface area contributed by atoms with E-state index in [9.17, 15) is 0 Å². The van der Waals surface area contributed by atoms with E-state index in [2.05, 4.69) is 91.6 Å². The molecule has 3 aromatic rings. The maximum Gasteiger partial charge on any atom is 0.215 e. The van der Waals surface area contributed by atoms with E-state index in [4.69, 9.17) is 0 Å². The second-order valence-corrected chi connectivity index (χ2v) is 6.32. The number of hydrogen-bond donors (Lipinski definition) is 0. The lowest BCUT2D eigenvalue weighted by Gasteiger charge is -2.28. The van der Waals surface area contributed by atoms with Gasteiger partial charge in [-0.05, 0) is 29.1 Å². The van der Waals surface area contributed by atoms with Crippen LogP contribution in [0.1, 0.15) is 30.8 Å². The molecule has 0 atom stereocenters. The molecule has 0 bridgehead atoms. The van der Waals surface area contributed by atoms with E-state index in [0.29, 0.717) is 18.3 Å². The van der Waals surface area contributed by atoms with Crippen LogP contribution in [0.2, 0.25) is 5.82 Å². The number of pyridine rings is 1. The first kappa shape index (κ1) is 15.5. The van der Waals surface area contributed by atoms with Gasteiger partial charge < -0.3 is 0 Å². The molecule has 0 aliphatic rings. The van der Waals surface area contributed by atoms with Crippen molar-refractivity contribution in [3.63, 3.8) is 0 Å². The monoisotopic (exact) mass is 299 g/mol. The van der Waals surface area contributed by atoms with E-state index in [1.165, 1.54) is 16.7 Å². The molecule has 0 fully saturated rings. The topological polar surface area (TPSA) is 12.9 Å². The summed E-state index contributed by atoms with van der Waals surface area (Å²) < 4.78 is 0. The Hall–Kier alpha value is -2.35. The van der Waals surface area contributed by atoms with Crippen molar-refractivity contribution in [2.45, 2.75) is 25.5 Å². The molecule has 0 spiro atoms. The minimum atomic E-state index is 0.312. The van der Waals surface area contributed by atoms with E-state index in [1.54, 1.807) is 0 Å². The second-order valence-electron chi connectivity index (χ2n) is 6.32. The third-order valence-electron chi connectivity index (χ3n) is 4.42. The predicted octanol–water partition coefficient (Wildman–Crippen LogP) is 4.56. The maximum atomic E-state index is 4.67. The molecule has 1 nitrogen and oxygen atoms in total. The number of rotatable bonds is 5. The van der Waals surface area contributed by atoms with Crippen LogP contribution in [0.3, 0.4) is 0 Å². The zero-order chi connectivity index (χ0) is 16.1. The Labute approximate surface area is 139 Å². The molecule has 0 aliphatic carbocycles. The molecule has 23 heavy (non-hydrogen) atoms. The summed E-state index contributed by atoms with van der Waals surface area (Å²) in [5.74, 6) is 0.808. The number of nitrogens with zero attached hydrogens (tertiary/aromatic N) is 1. The number of aromatic nitrogens is 1. The van der Waals surface area contributed by atoms with Gasteiger partial charge in [0.1, 0.15) is 0 Å². The molecule has 0 unspecified atom stereocenters. The largest absolute Gasteiger partial charge is 0.271 e. The fraction of sp³-hybridized carbons (Fsp3) is 0.190. The van der Waals surface area contributed by atoms with Crippen LogP contribution in [-0.4, -0.2) is 11.7 Å². The Morgan fingerprint density at radius 3 is 1.65 bits per heavy atom. The first-order valence-electron chi connectivity index (χ1n) is 8.28. The highest BCUT2D eigenvalue weighted by molar-refractivity contribution is 6.75. The Morgan fingerprint density at radius 1 is 0.696 bits per heavy atom. The van der Waals surface area contributed by atoms with E-state index >= 15 is 0 Å². The molecule has 114 valence electrons. The molecule has 0 saturated heterocycles. The summed E-state index contributed by atoms with van der Waals surface area (Å²) in [7, 11) is 0. The smallest absolute Gasteiger partial charge is 0.215 e. The molecule has 0 amide bonds. The molecule has 0 N–H and O–H groups in total. The third-order valence-corrected chi connectivity index (χ3v) is 4.42. The first-order chi connectivity index (χ1) is 11.3. The average molecular weight is 299 g/mol. The molecule has 2 aromatic carbocycles. The van der Waals surface area contributed by atoms with Crippen molar-refractivity contribution in [1.82, 2.24) is 4.98 Å². The van der Waals surface area contributed by atoms with Gasteiger partial charge in [0.25, 0.3) is 0 Å². The van der Waals surface area contributed by atoms with Crippen molar-refractivity contribution in [3.8, 4) is 0 Å². The summed E-state index contributed by atoms with van der Waals surface area (Å²) >= 11 is 0. The van der Waals surface area contributed by atoms with Crippen LogP contribution in [0.25, 0.3) is 0 Å². The van der Waals surface area contributed by atoms with Crippen molar-refractivity contribution in [3.05, 3.63) is 96.2 Å². The standard InChI is InChI=1S/C21H22BN/c1-17(2)22(20-15-9-10-16-23-20)21(18-11-5-3-6-12-18)19-13-7-4-8-14-19/h3-17,21H,1-2H3. The minimum absolute atomic E-state index is 0.312. The molecule has 3 rings (SSSR count). The summed E-state index contributed by atoms with van der Waals surface area (Å²) in [6.07, 6.45) is 1.90. The van der Waals surface area contributed by atoms with Crippen LogP contribution in [0.15, 0.2) is 85.1 Å². The van der Waals surface area contributed by atoms with Gasteiger partial charge in [0.05, 0.1) is 0 Å². The number of benzene rings is 2. The molecule has 0 radical (unpaired) electrons. The highest BCUT2D eigenvalue weighted by Gasteiger charge is 2.33. The van der Waals surface area contributed by atoms with E-state index in [0.717, 1.165) is 0 Å². The summed E-state index contributed by atoms with van der Waals surface area (Å²) in [6.45, 7) is 4.93. The van der Waals surface area contributed by atoms with Crippen LogP contribution in [0, 0.1) is 0 Å². The molecular weight excluding hydrogens is 277 g/mol. The van der Waals surface area contributed by atoms with Gasteiger partial charge in [0.15, 0.2) is 0 Å². The van der Waals surface area contributed by atoms with Crippen LogP contribution in [-0.2, 0) is 0 Å². The van der Waals surface area contributed by atoms with E-state index < -0.39 is 0 Å². The van der Waals surface area contributed by atoms with Gasteiger partial charge in [-0.15, -0.1) is 0 Å². The molecule has 1 aromatic heterocycles. The van der Waals surface area contributed by atoms with Gasteiger partial charge in [0, 0.05) is 11.8 Å². The Balaban J connectivity index is 2.13. The van der Waals surface area contributed by atoms with Crippen molar-refractivity contribution < 1.29 is 0 Å². The average Bonchev–Trinajstić information content (AvgIpc) is 2.61. The van der Waals surface area contributed by atoms with Crippen LogP contribution in [0.4, 0.5) is 0 Å². The highest BCUT2D eigenvalue weighted by atomic mass is 14.6. The molecule has 0 aliphatic heterocycles.